The number of rotatable bonds is 3. The Hall–Kier alpha value is -0.340. The lowest BCUT2D eigenvalue weighted by Gasteiger charge is -2.16. The van der Waals surface area contributed by atoms with Gasteiger partial charge in [-0.05, 0) is 31.4 Å². The summed E-state index contributed by atoms with van der Waals surface area (Å²) < 4.78 is 0. The number of aliphatic hydroxyl groups is 1. The molecule has 0 saturated carbocycles. The third-order valence-electron chi connectivity index (χ3n) is 2.53. The summed E-state index contributed by atoms with van der Waals surface area (Å²) in [4.78, 5) is 2.43. The van der Waals surface area contributed by atoms with Gasteiger partial charge in [-0.25, -0.2) is 0 Å². The maximum atomic E-state index is 9.99. The van der Waals surface area contributed by atoms with Crippen LogP contribution in [0.2, 0.25) is 0 Å². The molecule has 2 atom stereocenters. The van der Waals surface area contributed by atoms with Crippen LogP contribution in [-0.2, 0) is 0 Å². The van der Waals surface area contributed by atoms with Gasteiger partial charge in [0.1, 0.15) is 0 Å². The molecular formula is C11H18OS. The maximum Gasteiger partial charge on any atom is 0.0910 e. The zero-order valence-electron chi connectivity index (χ0n) is 8.79. The third kappa shape index (κ3) is 2.32. The molecule has 13 heavy (non-hydrogen) atoms. The lowest BCUT2D eigenvalue weighted by atomic mass is 9.99. The minimum atomic E-state index is -0.274. The molecule has 1 N–H and O–H groups in total. The second kappa shape index (κ2) is 4.25. The summed E-state index contributed by atoms with van der Waals surface area (Å²) in [5.41, 5.74) is 1.23. The van der Waals surface area contributed by atoms with E-state index in [1.54, 1.807) is 11.3 Å². The van der Waals surface area contributed by atoms with Crippen LogP contribution in [0.3, 0.4) is 0 Å². The summed E-state index contributed by atoms with van der Waals surface area (Å²) in [5, 5.41) is 9.99. The van der Waals surface area contributed by atoms with Crippen molar-refractivity contribution in [3.63, 3.8) is 0 Å². The largest absolute Gasteiger partial charge is 0.387 e. The lowest BCUT2D eigenvalue weighted by Crippen LogP contribution is -2.07. The van der Waals surface area contributed by atoms with E-state index in [1.165, 1.54) is 10.4 Å². The van der Waals surface area contributed by atoms with Gasteiger partial charge in [0.05, 0.1) is 6.10 Å². The Labute approximate surface area is 84.4 Å². The van der Waals surface area contributed by atoms with Gasteiger partial charge in [0.25, 0.3) is 0 Å². The van der Waals surface area contributed by atoms with Gasteiger partial charge >= 0.3 is 0 Å². The van der Waals surface area contributed by atoms with Crippen LogP contribution in [0.5, 0.6) is 0 Å². The highest BCUT2D eigenvalue weighted by Crippen LogP contribution is 2.32. The zero-order valence-corrected chi connectivity index (χ0v) is 9.61. The molecule has 0 bridgehead atoms. The van der Waals surface area contributed by atoms with E-state index in [-0.39, 0.29) is 6.10 Å². The molecule has 0 radical (unpaired) electrons. The Morgan fingerprint density at radius 2 is 2.08 bits per heavy atom. The quantitative estimate of drug-likeness (QED) is 0.788. The van der Waals surface area contributed by atoms with Gasteiger partial charge in [0.15, 0.2) is 0 Å². The van der Waals surface area contributed by atoms with Gasteiger partial charge in [-0.3, -0.25) is 0 Å². The maximum absolute atomic E-state index is 9.99. The van der Waals surface area contributed by atoms with Crippen molar-refractivity contribution in [2.75, 3.05) is 0 Å². The van der Waals surface area contributed by atoms with Crippen LogP contribution in [0, 0.1) is 19.8 Å². The topological polar surface area (TPSA) is 20.2 Å². The summed E-state index contributed by atoms with van der Waals surface area (Å²) in [6, 6.07) is 2.14. The fourth-order valence-electron chi connectivity index (χ4n) is 1.43. The van der Waals surface area contributed by atoms with Crippen molar-refractivity contribution in [1.29, 1.82) is 0 Å². The molecule has 0 fully saturated rings. The molecule has 0 aliphatic heterocycles. The summed E-state index contributed by atoms with van der Waals surface area (Å²) in [5.74, 6) is 0.358. The van der Waals surface area contributed by atoms with Crippen molar-refractivity contribution in [3.8, 4) is 0 Å². The van der Waals surface area contributed by atoms with Crippen LogP contribution in [-0.4, -0.2) is 5.11 Å². The monoisotopic (exact) mass is 198 g/mol. The molecule has 1 heterocycles. The van der Waals surface area contributed by atoms with E-state index in [2.05, 4.69) is 33.8 Å². The molecule has 0 aromatic carbocycles. The molecule has 0 aliphatic rings. The van der Waals surface area contributed by atoms with Crippen molar-refractivity contribution in [1.82, 2.24) is 0 Å². The van der Waals surface area contributed by atoms with E-state index in [0.717, 1.165) is 11.3 Å². The van der Waals surface area contributed by atoms with Crippen molar-refractivity contribution in [2.24, 2.45) is 5.92 Å². The van der Waals surface area contributed by atoms with E-state index in [4.69, 9.17) is 0 Å². The first-order valence-electron chi connectivity index (χ1n) is 4.81. The standard InChI is InChI=1S/C11H18OS/c1-5-7(2)10(12)11-8(3)6-9(4)13-11/h6-7,10,12H,5H2,1-4H3. The van der Waals surface area contributed by atoms with Crippen molar-refractivity contribution in [2.45, 2.75) is 40.2 Å². The zero-order chi connectivity index (χ0) is 10.0. The molecule has 0 saturated heterocycles. The molecule has 0 spiro atoms. The third-order valence-corrected chi connectivity index (χ3v) is 3.75. The molecule has 1 aromatic heterocycles. The van der Waals surface area contributed by atoms with E-state index in [0.29, 0.717) is 5.92 Å². The summed E-state index contributed by atoms with van der Waals surface area (Å²) in [6.07, 6.45) is 0.751. The van der Waals surface area contributed by atoms with Gasteiger partial charge in [-0.2, -0.15) is 0 Å². The van der Waals surface area contributed by atoms with Crippen LogP contribution >= 0.6 is 11.3 Å². The predicted molar refractivity (Wildman–Crippen MR) is 58.2 cm³/mol. The Kier molecular flexibility index (Phi) is 3.51. The lowest BCUT2D eigenvalue weighted by molar-refractivity contribution is 0.118. The summed E-state index contributed by atoms with van der Waals surface area (Å²) in [7, 11) is 0. The van der Waals surface area contributed by atoms with Crippen molar-refractivity contribution >= 4 is 11.3 Å². The van der Waals surface area contributed by atoms with Gasteiger partial charge < -0.3 is 5.11 Å². The van der Waals surface area contributed by atoms with E-state index < -0.39 is 0 Å². The number of hydrogen-bond acceptors (Lipinski definition) is 2. The predicted octanol–water partition coefficient (Wildman–Crippen LogP) is 3.44. The molecule has 1 rings (SSSR count). The molecule has 1 aromatic rings. The SMILES string of the molecule is CCC(C)C(O)c1sc(C)cc1C. The molecule has 0 amide bonds. The first-order chi connectivity index (χ1) is 6.06. The molecule has 74 valence electrons. The fraction of sp³-hybridized carbons (Fsp3) is 0.636. The van der Waals surface area contributed by atoms with Crippen LogP contribution in [0.1, 0.15) is 41.7 Å². The van der Waals surface area contributed by atoms with Gasteiger partial charge in [-0.1, -0.05) is 20.3 Å². The molecular weight excluding hydrogens is 180 g/mol. The minimum absolute atomic E-state index is 0.274. The van der Waals surface area contributed by atoms with Crippen LogP contribution < -0.4 is 0 Å². The molecule has 0 aliphatic carbocycles. The summed E-state index contributed by atoms with van der Waals surface area (Å²) >= 11 is 1.72. The van der Waals surface area contributed by atoms with Gasteiger partial charge in [0.2, 0.25) is 0 Å². The summed E-state index contributed by atoms with van der Waals surface area (Å²) in [6.45, 7) is 8.37. The highest BCUT2D eigenvalue weighted by Gasteiger charge is 2.18. The Morgan fingerprint density at radius 1 is 1.46 bits per heavy atom. The second-order valence-corrected chi connectivity index (χ2v) is 5.02. The first kappa shape index (κ1) is 10.7. The highest BCUT2D eigenvalue weighted by molar-refractivity contribution is 7.12. The smallest absolute Gasteiger partial charge is 0.0910 e. The van der Waals surface area contributed by atoms with Crippen LogP contribution in [0.4, 0.5) is 0 Å². The second-order valence-electron chi connectivity index (χ2n) is 3.73. The highest BCUT2D eigenvalue weighted by atomic mass is 32.1. The average molecular weight is 198 g/mol. The normalized spacial score (nSPS) is 15.8. The van der Waals surface area contributed by atoms with Crippen molar-refractivity contribution < 1.29 is 5.11 Å². The fourth-order valence-corrected chi connectivity index (χ4v) is 2.59. The first-order valence-corrected chi connectivity index (χ1v) is 5.63. The molecule has 2 heteroatoms. The van der Waals surface area contributed by atoms with E-state index in [1.807, 2.05) is 0 Å². The average Bonchev–Trinajstić information content (AvgIpc) is 2.42. The number of aliphatic hydroxyl groups excluding tert-OH is 1. The number of hydrogen-bond donors (Lipinski definition) is 1. The van der Waals surface area contributed by atoms with Crippen LogP contribution in [0.15, 0.2) is 6.07 Å². The Balaban J connectivity index is 2.87. The number of aryl methyl sites for hydroxylation is 2. The van der Waals surface area contributed by atoms with E-state index in [9.17, 15) is 5.11 Å². The molecule has 2 unspecified atom stereocenters. The van der Waals surface area contributed by atoms with Gasteiger partial charge in [-0.15, -0.1) is 11.3 Å². The molecule has 1 nitrogen and oxygen atoms in total. The van der Waals surface area contributed by atoms with Crippen LogP contribution in [0.25, 0.3) is 0 Å². The van der Waals surface area contributed by atoms with Crippen molar-refractivity contribution in [3.05, 3.63) is 21.4 Å². The minimum Gasteiger partial charge on any atom is -0.387 e. The Bertz CT molecular complexity index is 278. The number of thiophene rings is 1. The van der Waals surface area contributed by atoms with Gasteiger partial charge in [0, 0.05) is 9.75 Å². The van der Waals surface area contributed by atoms with E-state index >= 15 is 0 Å². The Morgan fingerprint density at radius 3 is 2.46 bits per heavy atom.